The van der Waals surface area contributed by atoms with Crippen LogP contribution in [-0.2, 0) is 6.54 Å². The molecule has 0 fully saturated rings. The molecule has 0 aliphatic rings. The number of halogens is 1. The highest BCUT2D eigenvalue weighted by atomic mass is 35.5. The van der Waals surface area contributed by atoms with E-state index in [0.29, 0.717) is 0 Å². The van der Waals surface area contributed by atoms with Gasteiger partial charge in [0.15, 0.2) is 0 Å². The highest BCUT2D eigenvalue weighted by molar-refractivity contribution is 6.30. The van der Waals surface area contributed by atoms with Crippen molar-refractivity contribution in [3.8, 4) is 0 Å². The summed E-state index contributed by atoms with van der Waals surface area (Å²) in [6, 6.07) is 18.4. The van der Waals surface area contributed by atoms with Gasteiger partial charge in [0.05, 0.1) is 0 Å². The number of anilines is 1. The van der Waals surface area contributed by atoms with Crippen LogP contribution in [0.3, 0.4) is 0 Å². The van der Waals surface area contributed by atoms with Gasteiger partial charge in [0.25, 0.3) is 0 Å². The summed E-state index contributed by atoms with van der Waals surface area (Å²) in [5.74, 6) is 0. The monoisotopic (exact) mass is 274 g/mol. The van der Waals surface area contributed by atoms with Crippen molar-refractivity contribution in [2.45, 2.75) is 6.54 Å². The Hall–Kier alpha value is -1.51. The summed E-state index contributed by atoms with van der Waals surface area (Å²) in [7, 11) is 2.11. The second-order valence-corrected chi connectivity index (χ2v) is 5.00. The number of nitrogens with zero attached hydrogens (tertiary/aromatic N) is 1. The standard InChI is InChI=1S/C16H19ClN2/c1-19(16-8-3-2-4-9-16)11-10-18-13-14-6-5-7-15(17)12-14/h2-9,12,18H,10-11,13H2,1H3. The van der Waals surface area contributed by atoms with Crippen molar-refractivity contribution in [1.29, 1.82) is 0 Å². The van der Waals surface area contributed by atoms with Gasteiger partial charge in [-0.3, -0.25) is 0 Å². The zero-order chi connectivity index (χ0) is 13.5. The molecule has 0 spiro atoms. The van der Waals surface area contributed by atoms with E-state index in [-0.39, 0.29) is 0 Å². The van der Waals surface area contributed by atoms with Crippen molar-refractivity contribution in [2.24, 2.45) is 0 Å². The Morgan fingerprint density at radius 3 is 2.58 bits per heavy atom. The molecular formula is C16H19ClN2. The van der Waals surface area contributed by atoms with Crippen LogP contribution in [0.4, 0.5) is 5.69 Å². The lowest BCUT2D eigenvalue weighted by atomic mass is 10.2. The van der Waals surface area contributed by atoms with E-state index in [1.807, 2.05) is 24.3 Å². The van der Waals surface area contributed by atoms with Gasteiger partial charge in [-0.25, -0.2) is 0 Å². The van der Waals surface area contributed by atoms with Crippen molar-refractivity contribution in [2.75, 3.05) is 25.0 Å². The van der Waals surface area contributed by atoms with Crippen molar-refractivity contribution in [1.82, 2.24) is 5.32 Å². The third-order valence-corrected chi connectivity index (χ3v) is 3.27. The van der Waals surface area contributed by atoms with Gasteiger partial charge >= 0.3 is 0 Å². The molecule has 2 nitrogen and oxygen atoms in total. The van der Waals surface area contributed by atoms with Crippen molar-refractivity contribution >= 4 is 17.3 Å². The Kier molecular flexibility index (Phi) is 5.25. The normalized spacial score (nSPS) is 10.4. The topological polar surface area (TPSA) is 15.3 Å². The summed E-state index contributed by atoms with van der Waals surface area (Å²) in [5, 5.41) is 4.22. The van der Waals surface area contributed by atoms with Crippen molar-refractivity contribution < 1.29 is 0 Å². The first kappa shape index (κ1) is 13.9. The van der Waals surface area contributed by atoms with Crippen LogP contribution in [0.15, 0.2) is 54.6 Å². The van der Waals surface area contributed by atoms with E-state index in [9.17, 15) is 0 Å². The lowest BCUT2D eigenvalue weighted by Crippen LogP contribution is -2.28. The minimum atomic E-state index is 0.792. The number of hydrogen-bond donors (Lipinski definition) is 1. The van der Waals surface area contributed by atoms with Gasteiger partial charge in [0, 0.05) is 37.4 Å². The van der Waals surface area contributed by atoms with Crippen molar-refractivity contribution in [3.63, 3.8) is 0 Å². The number of para-hydroxylation sites is 1. The summed E-state index contributed by atoms with van der Waals surface area (Å²) < 4.78 is 0. The summed E-state index contributed by atoms with van der Waals surface area (Å²) in [6.07, 6.45) is 0. The van der Waals surface area contributed by atoms with Crippen LogP contribution in [0.1, 0.15) is 5.56 Å². The fraction of sp³-hybridized carbons (Fsp3) is 0.250. The molecule has 19 heavy (non-hydrogen) atoms. The van der Waals surface area contributed by atoms with Crippen LogP contribution in [0, 0.1) is 0 Å². The molecule has 0 saturated carbocycles. The minimum absolute atomic E-state index is 0.792. The summed E-state index contributed by atoms with van der Waals surface area (Å²) in [4.78, 5) is 2.24. The molecule has 0 amide bonds. The third kappa shape index (κ3) is 4.58. The third-order valence-electron chi connectivity index (χ3n) is 3.04. The van der Waals surface area contributed by atoms with Gasteiger partial charge < -0.3 is 10.2 Å². The van der Waals surface area contributed by atoms with Crippen LogP contribution >= 0.6 is 11.6 Å². The Balaban J connectivity index is 1.72. The summed E-state index contributed by atoms with van der Waals surface area (Å²) in [5.41, 5.74) is 2.46. The molecule has 0 aliphatic heterocycles. The zero-order valence-electron chi connectivity index (χ0n) is 11.1. The largest absolute Gasteiger partial charge is 0.373 e. The molecular weight excluding hydrogens is 256 g/mol. The van der Waals surface area contributed by atoms with E-state index in [1.54, 1.807) is 0 Å². The molecule has 0 aliphatic carbocycles. The average molecular weight is 275 g/mol. The van der Waals surface area contributed by atoms with Gasteiger partial charge in [-0.2, -0.15) is 0 Å². The minimum Gasteiger partial charge on any atom is -0.373 e. The van der Waals surface area contributed by atoms with Gasteiger partial charge in [-0.15, -0.1) is 0 Å². The van der Waals surface area contributed by atoms with Gasteiger partial charge in [0.1, 0.15) is 0 Å². The Labute approximate surface area is 120 Å². The van der Waals surface area contributed by atoms with Crippen LogP contribution in [0.5, 0.6) is 0 Å². The predicted octanol–water partition coefficient (Wildman–Crippen LogP) is 3.57. The maximum atomic E-state index is 5.95. The average Bonchev–Trinajstić information content (AvgIpc) is 2.44. The Bertz CT molecular complexity index is 499. The quantitative estimate of drug-likeness (QED) is 0.810. The molecule has 2 rings (SSSR count). The van der Waals surface area contributed by atoms with Gasteiger partial charge in [0.2, 0.25) is 0 Å². The fourth-order valence-electron chi connectivity index (χ4n) is 1.94. The van der Waals surface area contributed by atoms with E-state index in [4.69, 9.17) is 11.6 Å². The number of likely N-dealkylation sites (N-methyl/N-ethyl adjacent to an activating group) is 1. The highest BCUT2D eigenvalue weighted by Crippen LogP contribution is 2.11. The maximum Gasteiger partial charge on any atom is 0.0409 e. The molecule has 0 heterocycles. The van der Waals surface area contributed by atoms with E-state index in [0.717, 1.165) is 24.7 Å². The molecule has 0 atom stereocenters. The van der Waals surface area contributed by atoms with E-state index in [2.05, 4.69) is 47.6 Å². The van der Waals surface area contributed by atoms with E-state index >= 15 is 0 Å². The van der Waals surface area contributed by atoms with Gasteiger partial charge in [-0.05, 0) is 29.8 Å². The van der Waals surface area contributed by atoms with E-state index in [1.165, 1.54) is 11.3 Å². The van der Waals surface area contributed by atoms with Gasteiger partial charge in [-0.1, -0.05) is 41.9 Å². The molecule has 0 aromatic heterocycles. The molecule has 2 aromatic carbocycles. The molecule has 0 unspecified atom stereocenters. The zero-order valence-corrected chi connectivity index (χ0v) is 11.9. The molecule has 1 N–H and O–H groups in total. The number of rotatable bonds is 6. The SMILES string of the molecule is CN(CCNCc1cccc(Cl)c1)c1ccccc1. The van der Waals surface area contributed by atoms with Crippen LogP contribution < -0.4 is 10.2 Å². The van der Waals surface area contributed by atoms with Crippen LogP contribution in [0.25, 0.3) is 0 Å². The summed E-state index contributed by atoms with van der Waals surface area (Å²) >= 11 is 5.95. The predicted molar refractivity (Wildman–Crippen MR) is 82.9 cm³/mol. The second-order valence-electron chi connectivity index (χ2n) is 4.56. The Morgan fingerprint density at radius 1 is 1.05 bits per heavy atom. The lowest BCUT2D eigenvalue weighted by Gasteiger charge is -2.19. The second kappa shape index (κ2) is 7.17. The first-order chi connectivity index (χ1) is 9.25. The highest BCUT2D eigenvalue weighted by Gasteiger charge is 1.99. The molecule has 3 heteroatoms. The number of hydrogen-bond acceptors (Lipinski definition) is 2. The Morgan fingerprint density at radius 2 is 1.84 bits per heavy atom. The molecule has 0 bridgehead atoms. The fourth-order valence-corrected chi connectivity index (χ4v) is 2.15. The maximum absolute atomic E-state index is 5.95. The molecule has 0 radical (unpaired) electrons. The molecule has 100 valence electrons. The van der Waals surface area contributed by atoms with Crippen molar-refractivity contribution in [3.05, 3.63) is 65.2 Å². The number of benzene rings is 2. The van der Waals surface area contributed by atoms with Crippen LogP contribution in [-0.4, -0.2) is 20.1 Å². The first-order valence-corrected chi connectivity index (χ1v) is 6.85. The summed E-state index contributed by atoms with van der Waals surface area (Å²) in [6.45, 7) is 2.77. The smallest absolute Gasteiger partial charge is 0.0409 e. The number of nitrogens with one attached hydrogen (secondary N) is 1. The molecule has 2 aromatic rings. The molecule has 0 saturated heterocycles. The lowest BCUT2D eigenvalue weighted by molar-refractivity contribution is 0.679. The van der Waals surface area contributed by atoms with Crippen LogP contribution in [0.2, 0.25) is 5.02 Å². The van der Waals surface area contributed by atoms with E-state index < -0.39 is 0 Å². The first-order valence-electron chi connectivity index (χ1n) is 6.47.